The quantitative estimate of drug-likeness (QED) is 0.340. The molecule has 0 bridgehead atoms. The SMILES string of the molecule is O=S(=O)(O)NNc1ccc2c(S(=O)(=O)O)cc(S(=O)(=O)O)cc2c1. The van der Waals surface area contributed by atoms with Gasteiger partial charge in [0.25, 0.3) is 20.2 Å². The Kier molecular flexibility index (Phi) is 4.57. The molecular formula is C10H10N2O9S3. The van der Waals surface area contributed by atoms with E-state index in [0.29, 0.717) is 6.07 Å². The standard InChI is InChI=1S/C10H10N2O9S3/c13-22(14,15)8-4-6-3-7(11-12-24(19,20)21)1-2-9(6)10(5-8)23(16,17)18/h1-5,11-12H,(H,13,14,15)(H,16,17,18)(H,19,20,21). The fourth-order valence-electron chi connectivity index (χ4n) is 1.87. The van der Waals surface area contributed by atoms with E-state index in [0.717, 1.165) is 18.2 Å². The zero-order chi connectivity index (χ0) is 18.3. The van der Waals surface area contributed by atoms with Gasteiger partial charge in [0.15, 0.2) is 0 Å². The fraction of sp³-hybridized carbons (Fsp3) is 0. The number of hydrogen-bond acceptors (Lipinski definition) is 7. The van der Waals surface area contributed by atoms with Crippen LogP contribution in [0, 0.1) is 0 Å². The van der Waals surface area contributed by atoms with Crippen LogP contribution in [0.2, 0.25) is 0 Å². The summed E-state index contributed by atoms with van der Waals surface area (Å²) >= 11 is 0. The molecule has 2 aromatic rings. The Labute approximate surface area is 136 Å². The molecule has 0 aliphatic rings. The van der Waals surface area contributed by atoms with E-state index in [-0.39, 0.29) is 16.5 Å². The first kappa shape index (κ1) is 18.5. The van der Waals surface area contributed by atoms with Gasteiger partial charge in [-0.3, -0.25) is 13.7 Å². The number of nitrogens with one attached hydrogen (secondary N) is 2. The highest BCUT2D eigenvalue weighted by Crippen LogP contribution is 2.29. The predicted molar refractivity (Wildman–Crippen MR) is 81.9 cm³/mol. The molecule has 0 saturated carbocycles. The van der Waals surface area contributed by atoms with E-state index in [1.54, 1.807) is 0 Å². The highest BCUT2D eigenvalue weighted by molar-refractivity contribution is 7.86. The molecule has 0 aromatic heterocycles. The lowest BCUT2D eigenvalue weighted by Gasteiger charge is -2.10. The van der Waals surface area contributed by atoms with Crippen LogP contribution in [0.1, 0.15) is 0 Å². The smallest absolute Gasteiger partial charge is 0.306 e. The summed E-state index contributed by atoms with van der Waals surface area (Å²) in [5.74, 6) is 0. The monoisotopic (exact) mass is 398 g/mol. The van der Waals surface area contributed by atoms with Crippen LogP contribution in [-0.2, 0) is 30.5 Å². The minimum atomic E-state index is -4.81. The van der Waals surface area contributed by atoms with Crippen molar-refractivity contribution in [2.24, 2.45) is 0 Å². The molecule has 2 aromatic carbocycles. The molecule has 0 saturated heterocycles. The van der Waals surface area contributed by atoms with Crippen molar-refractivity contribution in [3.8, 4) is 0 Å². The molecule has 132 valence electrons. The Balaban J connectivity index is 2.71. The number of rotatable bonds is 5. The van der Waals surface area contributed by atoms with Crippen molar-refractivity contribution < 1.29 is 38.9 Å². The normalized spacial score (nSPS) is 13.1. The van der Waals surface area contributed by atoms with E-state index in [1.165, 1.54) is 10.9 Å². The molecule has 0 heterocycles. The van der Waals surface area contributed by atoms with Crippen LogP contribution in [-0.4, -0.2) is 38.9 Å². The molecule has 0 unspecified atom stereocenters. The second-order valence-electron chi connectivity index (χ2n) is 4.51. The van der Waals surface area contributed by atoms with Crippen LogP contribution in [0.3, 0.4) is 0 Å². The van der Waals surface area contributed by atoms with Gasteiger partial charge in [-0.2, -0.15) is 25.3 Å². The first-order chi connectivity index (χ1) is 10.8. The third kappa shape index (κ3) is 4.38. The number of fused-ring (bicyclic) bond motifs is 1. The molecule has 0 amide bonds. The van der Waals surface area contributed by atoms with Crippen LogP contribution < -0.4 is 10.3 Å². The molecule has 0 fully saturated rings. The average molecular weight is 398 g/mol. The molecule has 5 N–H and O–H groups in total. The Morgan fingerprint density at radius 2 is 1.42 bits per heavy atom. The van der Waals surface area contributed by atoms with E-state index < -0.39 is 40.3 Å². The van der Waals surface area contributed by atoms with E-state index in [9.17, 15) is 29.8 Å². The van der Waals surface area contributed by atoms with Gasteiger partial charge in [-0.15, -0.1) is 4.83 Å². The van der Waals surface area contributed by atoms with Gasteiger partial charge >= 0.3 is 10.3 Å². The lowest BCUT2D eigenvalue weighted by molar-refractivity contribution is 0.472. The van der Waals surface area contributed by atoms with Crippen molar-refractivity contribution in [1.29, 1.82) is 0 Å². The van der Waals surface area contributed by atoms with Gasteiger partial charge in [0.2, 0.25) is 0 Å². The topological polar surface area (TPSA) is 187 Å². The Hall–Kier alpha value is -1.81. The van der Waals surface area contributed by atoms with E-state index in [2.05, 4.69) is 5.43 Å². The Morgan fingerprint density at radius 1 is 0.792 bits per heavy atom. The van der Waals surface area contributed by atoms with E-state index >= 15 is 0 Å². The molecule has 14 heteroatoms. The molecular weight excluding hydrogens is 388 g/mol. The molecule has 0 spiro atoms. The van der Waals surface area contributed by atoms with Crippen LogP contribution >= 0.6 is 0 Å². The highest BCUT2D eigenvalue weighted by Gasteiger charge is 2.20. The van der Waals surface area contributed by atoms with Gasteiger partial charge in [0.05, 0.1) is 10.6 Å². The zero-order valence-corrected chi connectivity index (χ0v) is 13.9. The van der Waals surface area contributed by atoms with Crippen LogP contribution in [0.4, 0.5) is 5.69 Å². The summed E-state index contributed by atoms with van der Waals surface area (Å²) in [5, 5.41) is -0.137. The fourth-order valence-corrected chi connectivity index (χ4v) is 3.48. The Bertz CT molecular complexity index is 1120. The first-order valence-corrected chi connectivity index (χ1v) is 10.1. The summed E-state index contributed by atoms with van der Waals surface area (Å²) in [4.78, 5) is -0.0164. The van der Waals surface area contributed by atoms with Crippen molar-refractivity contribution in [3.63, 3.8) is 0 Å². The summed E-state index contributed by atoms with van der Waals surface area (Å²) in [7, 11) is -14.2. The molecule has 2 rings (SSSR count). The van der Waals surface area contributed by atoms with Crippen molar-refractivity contribution in [3.05, 3.63) is 30.3 Å². The summed E-state index contributed by atoms with van der Waals surface area (Å²) in [5.41, 5.74) is 2.09. The summed E-state index contributed by atoms with van der Waals surface area (Å²) < 4.78 is 93.3. The number of anilines is 1. The van der Waals surface area contributed by atoms with Gasteiger partial charge in [0, 0.05) is 5.39 Å². The van der Waals surface area contributed by atoms with Gasteiger partial charge in [0.1, 0.15) is 4.90 Å². The molecule has 0 aliphatic carbocycles. The first-order valence-electron chi connectivity index (χ1n) is 5.80. The van der Waals surface area contributed by atoms with Crippen molar-refractivity contribution in [2.75, 3.05) is 5.43 Å². The number of hydrogen-bond donors (Lipinski definition) is 5. The Morgan fingerprint density at radius 3 is 1.92 bits per heavy atom. The van der Waals surface area contributed by atoms with Crippen molar-refractivity contribution in [2.45, 2.75) is 9.79 Å². The minimum absolute atomic E-state index is 0.00824. The van der Waals surface area contributed by atoms with E-state index in [1.807, 2.05) is 0 Å². The largest absolute Gasteiger partial charge is 0.350 e. The highest BCUT2D eigenvalue weighted by atomic mass is 32.2. The second kappa shape index (κ2) is 5.92. The van der Waals surface area contributed by atoms with Gasteiger partial charge in [-0.25, -0.2) is 0 Å². The van der Waals surface area contributed by atoms with Crippen LogP contribution in [0.25, 0.3) is 10.8 Å². The lowest BCUT2D eigenvalue weighted by Crippen LogP contribution is -2.28. The third-order valence-electron chi connectivity index (χ3n) is 2.79. The summed E-state index contributed by atoms with van der Waals surface area (Å²) in [6, 6.07) is 4.97. The van der Waals surface area contributed by atoms with Crippen molar-refractivity contribution in [1.82, 2.24) is 4.83 Å². The average Bonchev–Trinajstić information content (AvgIpc) is 2.40. The summed E-state index contributed by atoms with van der Waals surface area (Å²) in [6.07, 6.45) is 0. The molecule has 0 atom stereocenters. The number of hydrazine groups is 1. The van der Waals surface area contributed by atoms with Crippen LogP contribution in [0.5, 0.6) is 0 Å². The maximum atomic E-state index is 11.4. The van der Waals surface area contributed by atoms with Crippen LogP contribution in [0.15, 0.2) is 40.1 Å². The summed E-state index contributed by atoms with van der Waals surface area (Å²) in [6.45, 7) is 0. The van der Waals surface area contributed by atoms with Gasteiger partial charge in [-0.1, -0.05) is 6.07 Å². The predicted octanol–water partition coefficient (Wildman–Crippen LogP) is 0.0525. The lowest BCUT2D eigenvalue weighted by atomic mass is 10.1. The minimum Gasteiger partial charge on any atom is -0.306 e. The van der Waals surface area contributed by atoms with E-state index in [4.69, 9.17) is 9.11 Å². The maximum absolute atomic E-state index is 11.4. The molecule has 0 radical (unpaired) electrons. The third-order valence-corrected chi connectivity index (χ3v) is 4.87. The molecule has 11 nitrogen and oxygen atoms in total. The zero-order valence-electron chi connectivity index (χ0n) is 11.4. The van der Waals surface area contributed by atoms with Gasteiger partial charge < -0.3 is 5.43 Å². The molecule has 24 heavy (non-hydrogen) atoms. The maximum Gasteiger partial charge on any atom is 0.350 e. The molecule has 0 aliphatic heterocycles. The number of benzene rings is 2. The van der Waals surface area contributed by atoms with Gasteiger partial charge in [-0.05, 0) is 29.7 Å². The van der Waals surface area contributed by atoms with Crippen molar-refractivity contribution >= 4 is 47.0 Å². The second-order valence-corrected chi connectivity index (χ2v) is 8.48.